The van der Waals surface area contributed by atoms with Crippen LogP contribution in [0.5, 0.6) is 5.75 Å². The molecule has 2 aromatic rings. The molecule has 0 aliphatic carbocycles. The largest absolute Gasteiger partial charge is 0.495 e. The number of halogens is 2. The number of ketones is 1. The quantitative estimate of drug-likeness (QED) is 0.411. The minimum absolute atomic E-state index is 0.240. The summed E-state index contributed by atoms with van der Waals surface area (Å²) in [6, 6.07) is 12.2. The maximum Gasteiger partial charge on any atom is 0.293 e. The Hall–Kier alpha value is -1.90. The van der Waals surface area contributed by atoms with Crippen molar-refractivity contribution in [3.05, 3.63) is 67.4 Å². The third-order valence-electron chi connectivity index (χ3n) is 3.80. The fourth-order valence-corrected chi connectivity index (χ4v) is 4.79. The third-order valence-corrected chi connectivity index (χ3v) is 5.75. The van der Waals surface area contributed by atoms with E-state index in [0.29, 0.717) is 21.3 Å². The van der Waals surface area contributed by atoms with Crippen LogP contribution in [0.1, 0.15) is 15.9 Å². The molecule has 2 aromatic carbocycles. The van der Waals surface area contributed by atoms with Crippen molar-refractivity contribution < 1.29 is 19.1 Å². The highest BCUT2D eigenvalue weighted by Crippen LogP contribution is 2.38. The molecule has 0 N–H and O–H groups in total. The van der Waals surface area contributed by atoms with Crippen molar-refractivity contribution in [3.8, 4) is 5.75 Å². The monoisotopic (exact) mass is 509 g/mol. The number of rotatable bonds is 5. The number of thioether (sulfide) groups is 1. The molecule has 8 heteroatoms. The molecule has 27 heavy (non-hydrogen) atoms. The molecule has 3 rings (SSSR count). The summed E-state index contributed by atoms with van der Waals surface area (Å²) in [6.07, 6.45) is 1.59. The van der Waals surface area contributed by atoms with Crippen LogP contribution in [0.4, 0.5) is 4.79 Å². The Morgan fingerprint density at radius 1 is 1.19 bits per heavy atom. The molecule has 138 valence electrons. The predicted octanol–water partition coefficient (Wildman–Crippen LogP) is 5.14. The maximum absolute atomic E-state index is 12.7. The van der Waals surface area contributed by atoms with Gasteiger partial charge in [0.05, 0.1) is 23.0 Å². The van der Waals surface area contributed by atoms with Gasteiger partial charge in [0.1, 0.15) is 5.75 Å². The van der Waals surface area contributed by atoms with Gasteiger partial charge in [-0.3, -0.25) is 19.3 Å². The number of hydrogen-bond donors (Lipinski definition) is 0. The van der Waals surface area contributed by atoms with Gasteiger partial charge in [-0.05, 0) is 45.9 Å². The smallest absolute Gasteiger partial charge is 0.293 e. The molecule has 0 unspecified atom stereocenters. The number of carbonyl (C=O) groups is 3. The van der Waals surface area contributed by atoms with Gasteiger partial charge in [0.15, 0.2) is 5.78 Å². The van der Waals surface area contributed by atoms with Gasteiger partial charge < -0.3 is 4.74 Å². The molecule has 0 atom stereocenters. The third kappa shape index (κ3) is 4.34. The number of amides is 2. The van der Waals surface area contributed by atoms with E-state index in [2.05, 4.69) is 31.9 Å². The van der Waals surface area contributed by atoms with Crippen molar-refractivity contribution in [2.75, 3.05) is 13.7 Å². The second-order valence-electron chi connectivity index (χ2n) is 5.57. The summed E-state index contributed by atoms with van der Waals surface area (Å²) < 4.78 is 6.87. The summed E-state index contributed by atoms with van der Waals surface area (Å²) >= 11 is 7.61. The molecule has 0 bridgehead atoms. The van der Waals surface area contributed by atoms with E-state index < -0.39 is 11.1 Å². The van der Waals surface area contributed by atoms with Crippen molar-refractivity contribution in [1.29, 1.82) is 0 Å². The first kappa shape index (κ1) is 19.9. The molecular weight excluding hydrogens is 498 g/mol. The van der Waals surface area contributed by atoms with Crippen LogP contribution in [0.25, 0.3) is 6.08 Å². The van der Waals surface area contributed by atoms with Gasteiger partial charge >= 0.3 is 0 Å². The second kappa shape index (κ2) is 8.41. The van der Waals surface area contributed by atoms with Gasteiger partial charge in [-0.2, -0.15) is 0 Å². The summed E-state index contributed by atoms with van der Waals surface area (Å²) in [5.41, 5.74) is 1.09. The molecule has 1 heterocycles. The first-order chi connectivity index (χ1) is 12.9. The highest BCUT2D eigenvalue weighted by Gasteiger charge is 2.36. The van der Waals surface area contributed by atoms with Gasteiger partial charge in [0.2, 0.25) is 0 Å². The number of benzene rings is 2. The highest BCUT2D eigenvalue weighted by atomic mass is 79.9. The zero-order valence-electron chi connectivity index (χ0n) is 14.1. The Bertz CT molecular complexity index is 960. The maximum atomic E-state index is 12.7. The van der Waals surface area contributed by atoms with E-state index in [1.807, 2.05) is 6.07 Å². The molecule has 0 spiro atoms. The summed E-state index contributed by atoms with van der Waals surface area (Å²) in [4.78, 5) is 38.5. The Labute approximate surface area is 177 Å². The average molecular weight is 511 g/mol. The number of imide groups is 1. The minimum Gasteiger partial charge on any atom is -0.495 e. The number of carbonyl (C=O) groups excluding carboxylic acids is 3. The first-order valence-corrected chi connectivity index (χ1v) is 10.2. The Morgan fingerprint density at radius 3 is 2.56 bits per heavy atom. The van der Waals surface area contributed by atoms with E-state index in [-0.39, 0.29) is 17.2 Å². The molecule has 1 fully saturated rings. The zero-order valence-corrected chi connectivity index (χ0v) is 18.1. The van der Waals surface area contributed by atoms with Crippen LogP contribution in [0, 0.1) is 0 Å². The standard InChI is InChI=1S/C19H13Br2NO4S/c1-26-17-12(7-13(20)9-14(17)21)8-16-18(24)22(19(25)27-16)10-15(23)11-5-3-2-4-6-11/h2-9H,10H2,1H3/b16-8+. The lowest BCUT2D eigenvalue weighted by molar-refractivity contribution is -0.122. The van der Waals surface area contributed by atoms with Gasteiger partial charge in [0, 0.05) is 15.6 Å². The number of ether oxygens (including phenoxy) is 1. The lowest BCUT2D eigenvalue weighted by Gasteiger charge is -2.11. The van der Waals surface area contributed by atoms with Crippen molar-refractivity contribution >= 4 is 66.6 Å². The predicted molar refractivity (Wildman–Crippen MR) is 112 cm³/mol. The lowest BCUT2D eigenvalue weighted by atomic mass is 10.1. The molecule has 0 radical (unpaired) electrons. The molecule has 1 aliphatic heterocycles. The topological polar surface area (TPSA) is 63.7 Å². The van der Waals surface area contributed by atoms with Crippen LogP contribution in [-0.4, -0.2) is 35.5 Å². The van der Waals surface area contributed by atoms with Crippen molar-refractivity contribution in [1.82, 2.24) is 4.90 Å². The SMILES string of the molecule is COc1c(Br)cc(Br)cc1/C=C1/SC(=O)N(CC(=O)c2ccccc2)C1=O. The first-order valence-electron chi connectivity index (χ1n) is 7.77. The van der Waals surface area contributed by atoms with Gasteiger partial charge in [-0.25, -0.2) is 0 Å². The summed E-state index contributed by atoms with van der Waals surface area (Å²) in [5, 5.41) is -0.469. The zero-order chi connectivity index (χ0) is 19.6. The summed E-state index contributed by atoms with van der Waals surface area (Å²) in [7, 11) is 1.52. The fraction of sp³-hybridized carbons (Fsp3) is 0.105. The van der Waals surface area contributed by atoms with Crippen LogP contribution in [0.2, 0.25) is 0 Å². The number of Topliss-reactive ketones (excluding diaryl/α,β-unsaturated/α-hetero) is 1. The second-order valence-corrected chi connectivity index (χ2v) is 8.33. The van der Waals surface area contributed by atoms with Crippen LogP contribution in [-0.2, 0) is 4.79 Å². The van der Waals surface area contributed by atoms with E-state index >= 15 is 0 Å². The average Bonchev–Trinajstić information content (AvgIpc) is 2.89. The van der Waals surface area contributed by atoms with Gasteiger partial charge in [-0.15, -0.1) is 0 Å². The molecule has 2 amide bonds. The molecule has 0 aromatic heterocycles. The van der Waals surface area contributed by atoms with Crippen LogP contribution in [0.3, 0.4) is 0 Å². The van der Waals surface area contributed by atoms with E-state index in [1.165, 1.54) is 7.11 Å². The number of methoxy groups -OCH3 is 1. The molecule has 1 aliphatic rings. The normalized spacial score (nSPS) is 15.5. The highest BCUT2D eigenvalue weighted by molar-refractivity contribution is 9.11. The lowest BCUT2D eigenvalue weighted by Crippen LogP contribution is -2.33. The molecular formula is C19H13Br2NO4S. The molecule has 0 saturated carbocycles. The fourth-order valence-electron chi connectivity index (χ4n) is 2.54. The van der Waals surface area contributed by atoms with Crippen molar-refractivity contribution in [2.45, 2.75) is 0 Å². The summed E-state index contributed by atoms with van der Waals surface area (Å²) in [5.74, 6) is -0.236. The van der Waals surface area contributed by atoms with Gasteiger partial charge in [0.25, 0.3) is 11.1 Å². The molecule has 1 saturated heterocycles. The summed E-state index contributed by atoms with van der Waals surface area (Å²) in [6.45, 7) is -0.286. The van der Waals surface area contributed by atoms with Crippen molar-refractivity contribution in [2.24, 2.45) is 0 Å². The van der Waals surface area contributed by atoms with Crippen LogP contribution in [0.15, 0.2) is 56.3 Å². The van der Waals surface area contributed by atoms with Crippen LogP contribution < -0.4 is 4.74 Å². The minimum atomic E-state index is -0.493. The Morgan fingerprint density at radius 2 is 1.89 bits per heavy atom. The van der Waals surface area contributed by atoms with Crippen molar-refractivity contribution in [3.63, 3.8) is 0 Å². The van der Waals surface area contributed by atoms with E-state index in [0.717, 1.165) is 21.1 Å². The number of hydrogen-bond acceptors (Lipinski definition) is 5. The number of nitrogens with zero attached hydrogens (tertiary/aromatic N) is 1. The van der Waals surface area contributed by atoms with E-state index in [9.17, 15) is 14.4 Å². The van der Waals surface area contributed by atoms with E-state index in [1.54, 1.807) is 42.5 Å². The van der Waals surface area contributed by atoms with E-state index in [4.69, 9.17) is 4.74 Å². The molecule has 5 nitrogen and oxygen atoms in total. The Kier molecular flexibility index (Phi) is 6.18. The Balaban J connectivity index is 1.86. The van der Waals surface area contributed by atoms with Gasteiger partial charge in [-0.1, -0.05) is 46.3 Å². The van der Waals surface area contributed by atoms with Crippen LogP contribution >= 0.6 is 43.6 Å².